The van der Waals surface area contributed by atoms with Gasteiger partial charge >= 0.3 is 5.97 Å². The maximum Gasteiger partial charge on any atom is 0.328 e. The lowest BCUT2D eigenvalue weighted by molar-refractivity contribution is -0.149. The molecule has 0 aliphatic carbocycles. The third-order valence-electron chi connectivity index (χ3n) is 5.01. The number of phenols is 2. The van der Waals surface area contributed by atoms with Crippen molar-refractivity contribution in [2.75, 3.05) is 13.7 Å². The van der Waals surface area contributed by atoms with Gasteiger partial charge in [-0.2, -0.15) is 8.42 Å². The van der Waals surface area contributed by atoms with Gasteiger partial charge in [-0.1, -0.05) is 23.8 Å². The van der Waals surface area contributed by atoms with E-state index in [-0.39, 0.29) is 29.4 Å². The van der Waals surface area contributed by atoms with Crippen LogP contribution in [-0.2, 0) is 28.6 Å². The van der Waals surface area contributed by atoms with Gasteiger partial charge in [0.25, 0.3) is 10.1 Å². The Balaban J connectivity index is 1.76. The van der Waals surface area contributed by atoms with Crippen molar-refractivity contribution in [2.24, 2.45) is 0 Å². The van der Waals surface area contributed by atoms with E-state index < -0.39 is 34.1 Å². The Bertz CT molecular complexity index is 1140. The van der Waals surface area contributed by atoms with Crippen LogP contribution < -0.4 is 0 Å². The summed E-state index contributed by atoms with van der Waals surface area (Å²) in [4.78, 5) is 26.1. The van der Waals surface area contributed by atoms with Crippen LogP contribution in [0.25, 0.3) is 6.08 Å². The number of hydrogen-bond acceptors (Lipinski definition) is 8. The van der Waals surface area contributed by atoms with Crippen LogP contribution >= 0.6 is 0 Å². The number of ether oxygens (including phenoxy) is 1. The molecule has 1 aliphatic heterocycles. The number of phenolic OH excluding ortho intramolecular Hbond substituents is 2. The number of nitrogens with zero attached hydrogens (tertiary/aromatic N) is 1. The molecule has 9 nitrogen and oxygen atoms in total. The highest BCUT2D eigenvalue weighted by molar-refractivity contribution is 7.86. The first-order valence-electron chi connectivity index (χ1n) is 9.69. The minimum atomic E-state index is -4.09. The fourth-order valence-electron chi connectivity index (χ4n) is 3.32. The summed E-state index contributed by atoms with van der Waals surface area (Å²) < 4.78 is 35.3. The Hall–Kier alpha value is -3.37. The molecule has 0 bridgehead atoms. The molecule has 32 heavy (non-hydrogen) atoms. The van der Waals surface area contributed by atoms with E-state index in [1.165, 1.54) is 54.5 Å². The van der Waals surface area contributed by atoms with Crippen molar-refractivity contribution in [3.05, 3.63) is 59.7 Å². The molecule has 3 rings (SSSR count). The zero-order valence-corrected chi connectivity index (χ0v) is 18.3. The second kappa shape index (κ2) is 9.41. The molecule has 0 unspecified atom stereocenters. The topological polar surface area (TPSA) is 130 Å². The van der Waals surface area contributed by atoms with Crippen molar-refractivity contribution >= 4 is 28.1 Å². The van der Waals surface area contributed by atoms with Crippen LogP contribution in [0.5, 0.6) is 11.5 Å². The second-order valence-corrected chi connectivity index (χ2v) is 8.90. The zero-order chi connectivity index (χ0) is 23.5. The van der Waals surface area contributed by atoms with E-state index in [0.29, 0.717) is 5.56 Å². The predicted octanol–water partition coefficient (Wildman–Crippen LogP) is 1.97. The number of amides is 1. The third kappa shape index (κ3) is 5.27. The second-order valence-electron chi connectivity index (χ2n) is 7.33. The van der Waals surface area contributed by atoms with Crippen LogP contribution in [0.15, 0.2) is 53.4 Å². The van der Waals surface area contributed by atoms with Gasteiger partial charge in [-0.15, -0.1) is 0 Å². The van der Waals surface area contributed by atoms with Crippen molar-refractivity contribution in [3.8, 4) is 11.5 Å². The van der Waals surface area contributed by atoms with Crippen LogP contribution in [0.2, 0.25) is 0 Å². The maximum absolute atomic E-state index is 12.7. The van der Waals surface area contributed by atoms with Crippen LogP contribution in [0.4, 0.5) is 0 Å². The minimum absolute atomic E-state index is 0.0190. The first-order chi connectivity index (χ1) is 15.1. The Morgan fingerprint density at radius 2 is 1.78 bits per heavy atom. The van der Waals surface area contributed by atoms with Gasteiger partial charge in [-0.3, -0.25) is 8.98 Å². The lowest BCUT2D eigenvalue weighted by Crippen LogP contribution is -2.40. The summed E-state index contributed by atoms with van der Waals surface area (Å²) >= 11 is 0. The normalized spacial score (nSPS) is 18.8. The molecule has 1 fully saturated rings. The standard InChI is InChI=1S/C22H23NO8S/c1-14-3-7-17(8-4-14)32(28,29)31-16-12-18(22(27)30-2)23(13-16)21(26)10-6-15-5-9-19(24)20(25)11-15/h3-11,16,18,24-25H,12-13H2,1-2H3/b10-6+/t16-,18+/m1/s1. The number of methoxy groups -OCH3 is 1. The van der Waals surface area contributed by atoms with Crippen LogP contribution in [0, 0.1) is 6.92 Å². The number of carbonyl (C=O) groups is 2. The Labute approximate surface area is 185 Å². The fraction of sp³-hybridized carbons (Fsp3) is 0.273. The zero-order valence-electron chi connectivity index (χ0n) is 17.5. The lowest BCUT2D eigenvalue weighted by atomic mass is 10.2. The van der Waals surface area contributed by atoms with E-state index in [0.717, 1.165) is 5.56 Å². The third-order valence-corrected chi connectivity index (χ3v) is 6.38. The summed E-state index contributed by atoms with van der Waals surface area (Å²) in [7, 11) is -2.91. The molecule has 10 heteroatoms. The fourth-order valence-corrected chi connectivity index (χ4v) is 4.40. The SMILES string of the molecule is COC(=O)[C@@H]1C[C@@H](OS(=O)(=O)c2ccc(C)cc2)CN1C(=O)/C=C/c1ccc(O)c(O)c1. The molecule has 0 saturated carbocycles. The highest BCUT2D eigenvalue weighted by Crippen LogP contribution is 2.27. The quantitative estimate of drug-likeness (QED) is 0.289. The van der Waals surface area contributed by atoms with Crippen molar-refractivity contribution < 1.29 is 37.1 Å². The lowest BCUT2D eigenvalue weighted by Gasteiger charge is -2.20. The molecular formula is C22H23NO8S. The number of carbonyl (C=O) groups excluding carboxylic acids is 2. The number of likely N-dealkylation sites (tertiary alicyclic amines) is 1. The summed E-state index contributed by atoms with van der Waals surface area (Å²) in [6.07, 6.45) is 1.60. The van der Waals surface area contributed by atoms with Crippen molar-refractivity contribution in [1.29, 1.82) is 0 Å². The van der Waals surface area contributed by atoms with E-state index in [2.05, 4.69) is 0 Å². The summed E-state index contributed by atoms with van der Waals surface area (Å²) in [5.41, 5.74) is 1.33. The molecule has 2 N–H and O–H groups in total. The average molecular weight is 461 g/mol. The molecule has 2 atom stereocenters. The van der Waals surface area contributed by atoms with Crippen molar-refractivity contribution in [1.82, 2.24) is 4.90 Å². The smallest absolute Gasteiger partial charge is 0.328 e. The van der Waals surface area contributed by atoms with Gasteiger partial charge in [0.2, 0.25) is 5.91 Å². The Morgan fingerprint density at radius 3 is 2.41 bits per heavy atom. The molecule has 0 spiro atoms. The molecule has 2 aromatic carbocycles. The molecule has 170 valence electrons. The molecular weight excluding hydrogens is 438 g/mol. The number of rotatable bonds is 6. The number of benzene rings is 2. The summed E-state index contributed by atoms with van der Waals surface area (Å²) in [6, 6.07) is 9.15. The average Bonchev–Trinajstić information content (AvgIpc) is 3.17. The number of aryl methyl sites for hydroxylation is 1. The summed E-state index contributed by atoms with van der Waals surface area (Å²) in [6.45, 7) is 1.70. The number of esters is 1. The molecule has 1 amide bonds. The van der Waals surface area contributed by atoms with Gasteiger partial charge in [0.1, 0.15) is 6.04 Å². The molecule has 2 aromatic rings. The summed E-state index contributed by atoms with van der Waals surface area (Å²) in [5, 5.41) is 18.9. The maximum atomic E-state index is 12.7. The summed E-state index contributed by atoms with van der Waals surface area (Å²) in [5.74, 6) is -1.89. The monoisotopic (exact) mass is 461 g/mol. The molecule has 1 aliphatic rings. The van der Waals surface area contributed by atoms with Gasteiger partial charge < -0.3 is 19.8 Å². The largest absolute Gasteiger partial charge is 0.504 e. The van der Waals surface area contributed by atoms with E-state index >= 15 is 0 Å². The van der Waals surface area contributed by atoms with Gasteiger partial charge in [-0.05, 0) is 42.8 Å². The van der Waals surface area contributed by atoms with Crippen LogP contribution in [0.3, 0.4) is 0 Å². The molecule has 1 saturated heterocycles. The number of hydrogen-bond donors (Lipinski definition) is 2. The van der Waals surface area contributed by atoms with Gasteiger partial charge in [0.15, 0.2) is 11.5 Å². The van der Waals surface area contributed by atoms with Crippen LogP contribution in [-0.4, -0.2) is 61.2 Å². The van der Waals surface area contributed by atoms with E-state index in [4.69, 9.17) is 8.92 Å². The van der Waals surface area contributed by atoms with Crippen LogP contribution in [0.1, 0.15) is 17.5 Å². The van der Waals surface area contributed by atoms with Crippen molar-refractivity contribution in [3.63, 3.8) is 0 Å². The van der Waals surface area contributed by atoms with E-state index in [1.807, 2.05) is 6.92 Å². The minimum Gasteiger partial charge on any atom is -0.504 e. The van der Waals surface area contributed by atoms with E-state index in [9.17, 15) is 28.2 Å². The Morgan fingerprint density at radius 1 is 1.09 bits per heavy atom. The highest BCUT2D eigenvalue weighted by atomic mass is 32.2. The van der Waals surface area contributed by atoms with Gasteiger partial charge in [0, 0.05) is 19.0 Å². The first-order valence-corrected chi connectivity index (χ1v) is 11.1. The van der Waals surface area contributed by atoms with E-state index in [1.54, 1.807) is 12.1 Å². The molecule has 0 radical (unpaired) electrons. The molecule has 0 aromatic heterocycles. The Kier molecular flexibility index (Phi) is 6.85. The highest BCUT2D eigenvalue weighted by Gasteiger charge is 2.42. The number of aromatic hydroxyl groups is 2. The predicted molar refractivity (Wildman–Crippen MR) is 114 cm³/mol. The first kappa shape index (κ1) is 23.3. The molecule has 1 heterocycles. The van der Waals surface area contributed by atoms with Gasteiger partial charge in [-0.25, -0.2) is 4.79 Å². The van der Waals surface area contributed by atoms with Crippen molar-refractivity contribution in [2.45, 2.75) is 30.4 Å². The van der Waals surface area contributed by atoms with Gasteiger partial charge in [0.05, 0.1) is 18.1 Å².